The van der Waals surface area contributed by atoms with Gasteiger partial charge in [0.2, 0.25) is 0 Å². The molecule has 8 heteroatoms. The molecular weight excluding hydrogens is 350 g/mol. The fraction of sp³-hybridized carbons (Fsp3) is 0.158. The maximum atomic E-state index is 13.1. The van der Waals surface area contributed by atoms with Crippen LogP contribution >= 0.6 is 0 Å². The molecule has 0 saturated carbocycles. The van der Waals surface area contributed by atoms with Crippen molar-refractivity contribution < 1.29 is 8.78 Å². The van der Waals surface area contributed by atoms with Gasteiger partial charge < -0.3 is 5.32 Å². The molecular formula is C19H16F2N6. The molecule has 0 spiro atoms. The first kappa shape index (κ1) is 17.0. The third-order valence-electron chi connectivity index (χ3n) is 4.03. The number of hydrogen-bond acceptors (Lipinski definition) is 5. The van der Waals surface area contributed by atoms with E-state index in [1.165, 1.54) is 0 Å². The Morgan fingerprint density at radius 1 is 0.926 bits per heavy atom. The first-order valence-corrected chi connectivity index (χ1v) is 8.46. The van der Waals surface area contributed by atoms with Crippen molar-refractivity contribution in [3.63, 3.8) is 0 Å². The molecule has 0 saturated heterocycles. The molecule has 0 unspecified atom stereocenters. The predicted octanol–water partition coefficient (Wildman–Crippen LogP) is 4.01. The third-order valence-corrected chi connectivity index (χ3v) is 4.03. The topological polar surface area (TPSA) is 79.4 Å². The van der Waals surface area contributed by atoms with Crippen molar-refractivity contribution in [3.8, 4) is 11.4 Å². The third kappa shape index (κ3) is 3.74. The molecule has 4 aromatic rings. The van der Waals surface area contributed by atoms with Crippen LogP contribution in [0, 0.1) is 0 Å². The van der Waals surface area contributed by atoms with Crippen LogP contribution < -0.4 is 5.32 Å². The number of hydrogen-bond donors (Lipinski definition) is 2. The normalized spacial score (nSPS) is 11.2. The number of halogens is 2. The van der Waals surface area contributed by atoms with E-state index in [-0.39, 0.29) is 0 Å². The Hall–Kier alpha value is -3.42. The lowest BCUT2D eigenvalue weighted by Crippen LogP contribution is -2.10. The summed E-state index contributed by atoms with van der Waals surface area (Å²) in [6.45, 7) is 0.465. The van der Waals surface area contributed by atoms with E-state index in [9.17, 15) is 8.78 Å². The average Bonchev–Trinajstić information content (AvgIpc) is 3.17. The number of anilines is 1. The van der Waals surface area contributed by atoms with Crippen LogP contribution in [-0.4, -0.2) is 31.7 Å². The molecule has 0 atom stereocenters. The number of rotatable bonds is 6. The van der Waals surface area contributed by atoms with Gasteiger partial charge in [-0.15, -0.1) is 0 Å². The number of benzene rings is 2. The zero-order valence-corrected chi connectivity index (χ0v) is 14.2. The Labute approximate surface area is 153 Å². The molecule has 2 aromatic heterocycles. The van der Waals surface area contributed by atoms with Crippen LogP contribution in [0.1, 0.15) is 18.1 Å². The van der Waals surface area contributed by atoms with Gasteiger partial charge in [0.05, 0.1) is 5.52 Å². The molecule has 0 bridgehead atoms. The first-order valence-electron chi connectivity index (χ1n) is 8.46. The summed E-state index contributed by atoms with van der Waals surface area (Å²) in [5, 5.41) is 10.9. The number of aromatic nitrogens is 5. The van der Waals surface area contributed by atoms with Gasteiger partial charge in [0, 0.05) is 23.9 Å². The van der Waals surface area contributed by atoms with Crippen LogP contribution in [0.25, 0.3) is 22.3 Å². The molecule has 136 valence electrons. The smallest absolute Gasteiger partial charge is 0.297 e. The average molecular weight is 366 g/mol. The molecule has 2 aromatic carbocycles. The summed E-state index contributed by atoms with van der Waals surface area (Å²) in [6.07, 6.45) is -2.18. The lowest BCUT2D eigenvalue weighted by atomic mass is 10.2. The number of nitrogens with one attached hydrogen (secondary N) is 2. The second-order valence-corrected chi connectivity index (χ2v) is 5.90. The Morgan fingerprint density at radius 2 is 1.70 bits per heavy atom. The molecule has 0 fully saturated rings. The van der Waals surface area contributed by atoms with Crippen molar-refractivity contribution in [2.45, 2.75) is 12.8 Å². The van der Waals surface area contributed by atoms with Crippen molar-refractivity contribution in [2.24, 2.45) is 0 Å². The Kier molecular flexibility index (Phi) is 4.69. The summed E-state index contributed by atoms with van der Waals surface area (Å²) in [5.41, 5.74) is 1.41. The minimum Gasteiger partial charge on any atom is -0.369 e. The SMILES string of the molecule is FC(F)c1nc(NCCc2nc(-c3ccccc3)n[nH]2)c2ccccc2n1. The summed E-state index contributed by atoms with van der Waals surface area (Å²) < 4.78 is 26.1. The lowest BCUT2D eigenvalue weighted by Gasteiger charge is -2.10. The Bertz CT molecular complexity index is 1050. The van der Waals surface area contributed by atoms with Crippen LogP contribution in [0.2, 0.25) is 0 Å². The monoisotopic (exact) mass is 366 g/mol. The number of nitrogens with zero attached hydrogens (tertiary/aromatic N) is 4. The highest BCUT2D eigenvalue weighted by Gasteiger charge is 2.15. The van der Waals surface area contributed by atoms with Gasteiger partial charge in [0.15, 0.2) is 11.6 Å². The number of alkyl halides is 2. The minimum atomic E-state index is -2.72. The van der Waals surface area contributed by atoms with Crippen LogP contribution in [0.15, 0.2) is 54.6 Å². The Morgan fingerprint density at radius 3 is 2.52 bits per heavy atom. The van der Waals surface area contributed by atoms with Crippen molar-refractivity contribution in [1.29, 1.82) is 0 Å². The van der Waals surface area contributed by atoms with Gasteiger partial charge in [-0.1, -0.05) is 42.5 Å². The molecule has 27 heavy (non-hydrogen) atoms. The zero-order chi connectivity index (χ0) is 18.6. The van der Waals surface area contributed by atoms with E-state index >= 15 is 0 Å². The van der Waals surface area contributed by atoms with Gasteiger partial charge in [-0.05, 0) is 12.1 Å². The zero-order valence-electron chi connectivity index (χ0n) is 14.2. The van der Waals surface area contributed by atoms with Crippen molar-refractivity contribution in [3.05, 3.63) is 66.2 Å². The van der Waals surface area contributed by atoms with Crippen LogP contribution in [0.3, 0.4) is 0 Å². The van der Waals surface area contributed by atoms with Crippen molar-refractivity contribution in [2.75, 3.05) is 11.9 Å². The number of H-pyrrole nitrogens is 1. The highest BCUT2D eigenvalue weighted by atomic mass is 19.3. The number of fused-ring (bicyclic) bond motifs is 1. The maximum Gasteiger partial charge on any atom is 0.297 e. The molecule has 0 aliphatic carbocycles. The van der Waals surface area contributed by atoms with E-state index in [1.807, 2.05) is 36.4 Å². The second kappa shape index (κ2) is 7.45. The number of para-hydroxylation sites is 1. The van der Waals surface area contributed by atoms with Crippen LogP contribution in [0.5, 0.6) is 0 Å². The molecule has 2 heterocycles. The highest BCUT2D eigenvalue weighted by molar-refractivity contribution is 5.89. The van der Waals surface area contributed by atoms with Gasteiger partial charge in [-0.25, -0.2) is 23.7 Å². The summed E-state index contributed by atoms with van der Waals surface area (Å²) in [7, 11) is 0. The van der Waals surface area contributed by atoms with E-state index in [0.717, 1.165) is 5.56 Å². The van der Waals surface area contributed by atoms with Gasteiger partial charge >= 0.3 is 0 Å². The highest BCUT2D eigenvalue weighted by Crippen LogP contribution is 2.24. The first-order chi connectivity index (χ1) is 13.2. The van der Waals surface area contributed by atoms with Crippen LogP contribution in [-0.2, 0) is 6.42 Å². The lowest BCUT2D eigenvalue weighted by molar-refractivity contribution is 0.141. The van der Waals surface area contributed by atoms with Gasteiger partial charge in [0.25, 0.3) is 6.43 Å². The summed E-state index contributed by atoms with van der Waals surface area (Å²) >= 11 is 0. The van der Waals surface area contributed by atoms with Gasteiger partial charge in [0.1, 0.15) is 11.6 Å². The Balaban J connectivity index is 1.49. The van der Waals surface area contributed by atoms with E-state index in [4.69, 9.17) is 0 Å². The molecule has 0 radical (unpaired) electrons. The van der Waals surface area contributed by atoms with E-state index in [0.29, 0.717) is 41.3 Å². The van der Waals surface area contributed by atoms with E-state index < -0.39 is 12.2 Å². The molecule has 2 N–H and O–H groups in total. The second-order valence-electron chi connectivity index (χ2n) is 5.90. The maximum absolute atomic E-state index is 13.1. The molecule has 4 rings (SSSR count). The fourth-order valence-corrected chi connectivity index (χ4v) is 2.75. The van der Waals surface area contributed by atoms with E-state index in [1.54, 1.807) is 18.2 Å². The van der Waals surface area contributed by atoms with Crippen molar-refractivity contribution >= 4 is 16.7 Å². The molecule has 6 nitrogen and oxygen atoms in total. The summed E-state index contributed by atoms with van der Waals surface area (Å²) in [6, 6.07) is 16.7. The summed E-state index contributed by atoms with van der Waals surface area (Å²) in [5.74, 6) is 1.23. The number of aromatic amines is 1. The molecule has 0 aliphatic rings. The predicted molar refractivity (Wildman–Crippen MR) is 98.5 cm³/mol. The van der Waals surface area contributed by atoms with E-state index in [2.05, 4.69) is 30.5 Å². The van der Waals surface area contributed by atoms with Gasteiger partial charge in [-0.2, -0.15) is 5.10 Å². The molecule has 0 aliphatic heterocycles. The summed E-state index contributed by atoms with van der Waals surface area (Å²) in [4.78, 5) is 12.3. The standard InChI is InChI=1S/C19H16F2N6/c20-16(21)19-23-14-9-5-4-8-13(14)18(25-19)22-11-10-15-24-17(27-26-15)12-6-2-1-3-7-12/h1-9,16H,10-11H2,(H,22,23,25)(H,24,26,27). The largest absolute Gasteiger partial charge is 0.369 e. The molecule has 0 amide bonds. The minimum absolute atomic E-state index is 0.388. The quantitative estimate of drug-likeness (QED) is 0.539. The van der Waals surface area contributed by atoms with Gasteiger partial charge in [-0.3, -0.25) is 5.10 Å². The fourth-order valence-electron chi connectivity index (χ4n) is 2.75. The van der Waals surface area contributed by atoms with Crippen LogP contribution in [0.4, 0.5) is 14.6 Å². The van der Waals surface area contributed by atoms with Crippen molar-refractivity contribution in [1.82, 2.24) is 25.1 Å².